The quantitative estimate of drug-likeness (QED) is 0.926. The molecule has 1 heterocycles. The summed E-state index contributed by atoms with van der Waals surface area (Å²) in [6, 6.07) is 5.44. The summed E-state index contributed by atoms with van der Waals surface area (Å²) in [6.45, 7) is 4.72. The van der Waals surface area contributed by atoms with E-state index in [1.807, 2.05) is 6.07 Å². The van der Waals surface area contributed by atoms with E-state index in [1.165, 1.54) is 12.5 Å². The number of hydrogen-bond donors (Lipinski definition) is 1. The van der Waals surface area contributed by atoms with Crippen molar-refractivity contribution in [2.24, 2.45) is 11.7 Å². The zero-order valence-corrected chi connectivity index (χ0v) is 12.7. The van der Waals surface area contributed by atoms with Crippen LogP contribution in [-0.4, -0.2) is 24.0 Å². The molecule has 2 rings (SSSR count). The third kappa shape index (κ3) is 4.32. The van der Waals surface area contributed by atoms with Crippen LogP contribution in [0.5, 0.6) is 0 Å². The Morgan fingerprint density at radius 3 is 2.84 bits per heavy atom. The Balaban J connectivity index is 0.00000180. The van der Waals surface area contributed by atoms with Crippen molar-refractivity contribution in [3.05, 3.63) is 34.6 Å². The molecule has 2 N–H and O–H groups in total. The van der Waals surface area contributed by atoms with Gasteiger partial charge in [-0.25, -0.2) is 4.39 Å². The maximum absolute atomic E-state index is 13.4. The van der Waals surface area contributed by atoms with Crippen LogP contribution in [0, 0.1) is 11.7 Å². The fraction of sp³-hybridized carbons (Fsp3) is 0.571. The molecule has 19 heavy (non-hydrogen) atoms. The molecule has 2 atom stereocenters. The number of halogens is 3. The SMILES string of the molecule is CC1CCN(Cc2ccc(Cl)c(F)c2)C(CN)C1.Cl. The largest absolute Gasteiger partial charge is 0.329 e. The number of nitrogens with zero attached hydrogens (tertiary/aromatic N) is 1. The van der Waals surface area contributed by atoms with Gasteiger partial charge in [0.25, 0.3) is 0 Å². The summed E-state index contributed by atoms with van der Waals surface area (Å²) in [5, 5.41) is 0.182. The van der Waals surface area contributed by atoms with E-state index >= 15 is 0 Å². The average molecular weight is 307 g/mol. The van der Waals surface area contributed by atoms with E-state index in [1.54, 1.807) is 6.07 Å². The van der Waals surface area contributed by atoms with Crippen molar-refractivity contribution < 1.29 is 4.39 Å². The highest BCUT2D eigenvalue weighted by Gasteiger charge is 2.25. The summed E-state index contributed by atoms with van der Waals surface area (Å²) in [6.07, 6.45) is 2.32. The van der Waals surface area contributed by atoms with Crippen molar-refractivity contribution >= 4 is 24.0 Å². The Morgan fingerprint density at radius 1 is 1.47 bits per heavy atom. The Hall–Kier alpha value is -0.350. The minimum atomic E-state index is -0.344. The van der Waals surface area contributed by atoms with Crippen molar-refractivity contribution in [3.63, 3.8) is 0 Å². The van der Waals surface area contributed by atoms with Crippen LogP contribution in [0.25, 0.3) is 0 Å². The van der Waals surface area contributed by atoms with E-state index < -0.39 is 0 Å². The normalized spacial score (nSPS) is 24.0. The number of hydrogen-bond acceptors (Lipinski definition) is 2. The van der Waals surface area contributed by atoms with E-state index in [0.717, 1.165) is 31.0 Å². The molecule has 1 aliphatic heterocycles. The van der Waals surface area contributed by atoms with E-state index in [2.05, 4.69) is 11.8 Å². The molecule has 0 aromatic heterocycles. The van der Waals surface area contributed by atoms with Crippen molar-refractivity contribution in [2.75, 3.05) is 13.1 Å². The van der Waals surface area contributed by atoms with Crippen molar-refractivity contribution in [1.82, 2.24) is 4.90 Å². The lowest BCUT2D eigenvalue weighted by Gasteiger charge is -2.38. The molecule has 1 saturated heterocycles. The summed E-state index contributed by atoms with van der Waals surface area (Å²) in [4.78, 5) is 2.35. The maximum Gasteiger partial charge on any atom is 0.142 e. The van der Waals surface area contributed by atoms with Gasteiger partial charge in [0.2, 0.25) is 0 Å². The second-order valence-corrected chi connectivity index (χ2v) is 5.65. The van der Waals surface area contributed by atoms with Gasteiger partial charge >= 0.3 is 0 Å². The van der Waals surface area contributed by atoms with E-state index in [9.17, 15) is 4.39 Å². The highest BCUT2D eigenvalue weighted by Crippen LogP contribution is 2.24. The van der Waals surface area contributed by atoms with Crippen molar-refractivity contribution in [3.8, 4) is 0 Å². The highest BCUT2D eigenvalue weighted by molar-refractivity contribution is 6.30. The molecule has 1 aromatic rings. The number of likely N-dealkylation sites (tertiary alicyclic amines) is 1. The smallest absolute Gasteiger partial charge is 0.142 e. The summed E-state index contributed by atoms with van der Waals surface area (Å²) in [5.74, 6) is 0.389. The van der Waals surface area contributed by atoms with Crippen LogP contribution < -0.4 is 5.73 Å². The van der Waals surface area contributed by atoms with Crippen LogP contribution in [-0.2, 0) is 6.54 Å². The van der Waals surface area contributed by atoms with Crippen LogP contribution in [0.4, 0.5) is 4.39 Å². The van der Waals surface area contributed by atoms with Gasteiger partial charge in [0.05, 0.1) is 5.02 Å². The van der Waals surface area contributed by atoms with E-state index in [-0.39, 0.29) is 23.2 Å². The van der Waals surface area contributed by atoms with Gasteiger partial charge in [-0.15, -0.1) is 12.4 Å². The second-order valence-electron chi connectivity index (χ2n) is 5.24. The summed E-state index contributed by atoms with van der Waals surface area (Å²) in [7, 11) is 0. The first kappa shape index (κ1) is 16.7. The molecule has 1 fully saturated rings. The molecule has 0 radical (unpaired) electrons. The lowest BCUT2D eigenvalue weighted by molar-refractivity contribution is 0.115. The molecule has 1 aromatic carbocycles. The summed E-state index contributed by atoms with van der Waals surface area (Å²) >= 11 is 5.69. The first-order valence-electron chi connectivity index (χ1n) is 6.48. The molecule has 0 saturated carbocycles. The second kappa shape index (κ2) is 7.44. The monoisotopic (exact) mass is 306 g/mol. The minimum absolute atomic E-state index is 0. The lowest BCUT2D eigenvalue weighted by atomic mass is 9.92. The molecule has 5 heteroatoms. The molecular formula is C14H21Cl2FN2. The molecule has 2 nitrogen and oxygen atoms in total. The van der Waals surface area contributed by atoms with Crippen LogP contribution in [0.2, 0.25) is 5.02 Å². The lowest BCUT2D eigenvalue weighted by Crippen LogP contribution is -2.45. The Morgan fingerprint density at radius 2 is 2.21 bits per heavy atom. The molecule has 0 spiro atoms. The number of rotatable bonds is 3. The summed E-state index contributed by atoms with van der Waals surface area (Å²) in [5.41, 5.74) is 6.79. The maximum atomic E-state index is 13.4. The number of nitrogens with two attached hydrogens (primary N) is 1. The van der Waals surface area contributed by atoms with Crippen LogP contribution >= 0.6 is 24.0 Å². The van der Waals surface area contributed by atoms with Gasteiger partial charge < -0.3 is 5.73 Å². The Kier molecular flexibility index (Phi) is 6.54. The molecular weight excluding hydrogens is 286 g/mol. The van der Waals surface area contributed by atoms with Crippen molar-refractivity contribution in [1.29, 1.82) is 0 Å². The first-order valence-corrected chi connectivity index (χ1v) is 6.86. The van der Waals surface area contributed by atoms with Gasteiger partial charge in [-0.3, -0.25) is 4.90 Å². The molecule has 0 amide bonds. The Labute approximate surface area is 125 Å². The van der Waals surface area contributed by atoms with Gasteiger partial charge in [-0.1, -0.05) is 24.6 Å². The van der Waals surface area contributed by atoms with Gasteiger partial charge in [-0.05, 0) is 43.0 Å². The zero-order valence-electron chi connectivity index (χ0n) is 11.1. The molecule has 0 aliphatic carbocycles. The van der Waals surface area contributed by atoms with Gasteiger partial charge in [-0.2, -0.15) is 0 Å². The van der Waals surface area contributed by atoms with Crippen LogP contribution in [0.15, 0.2) is 18.2 Å². The third-order valence-corrected chi connectivity index (χ3v) is 4.05. The van der Waals surface area contributed by atoms with Gasteiger partial charge in [0.15, 0.2) is 0 Å². The molecule has 108 valence electrons. The Bertz CT molecular complexity index is 414. The predicted octanol–water partition coefficient (Wildman–Crippen LogP) is 3.46. The van der Waals surface area contributed by atoms with E-state index in [4.69, 9.17) is 17.3 Å². The number of piperidine rings is 1. The third-order valence-electron chi connectivity index (χ3n) is 3.74. The van der Waals surface area contributed by atoms with Crippen LogP contribution in [0.3, 0.4) is 0 Å². The van der Waals surface area contributed by atoms with Crippen molar-refractivity contribution in [2.45, 2.75) is 32.4 Å². The molecule has 2 unspecified atom stereocenters. The van der Waals surface area contributed by atoms with Gasteiger partial charge in [0.1, 0.15) is 5.82 Å². The molecule has 0 bridgehead atoms. The standard InChI is InChI=1S/C14H20ClFN2.ClH/c1-10-4-5-18(12(6-10)8-17)9-11-2-3-13(15)14(16)7-11;/h2-3,7,10,12H,4-6,8-9,17H2,1H3;1H. The topological polar surface area (TPSA) is 29.3 Å². The predicted molar refractivity (Wildman–Crippen MR) is 80.3 cm³/mol. The fourth-order valence-electron chi connectivity index (χ4n) is 2.63. The van der Waals surface area contributed by atoms with Gasteiger partial charge in [0, 0.05) is 19.1 Å². The zero-order chi connectivity index (χ0) is 13.1. The highest BCUT2D eigenvalue weighted by atomic mass is 35.5. The minimum Gasteiger partial charge on any atom is -0.329 e. The van der Waals surface area contributed by atoms with E-state index in [0.29, 0.717) is 12.6 Å². The number of benzene rings is 1. The fourth-order valence-corrected chi connectivity index (χ4v) is 2.74. The molecule has 1 aliphatic rings. The van der Waals surface area contributed by atoms with Crippen LogP contribution in [0.1, 0.15) is 25.3 Å². The first-order chi connectivity index (χ1) is 8.60. The average Bonchev–Trinajstić information content (AvgIpc) is 2.36. The summed E-state index contributed by atoms with van der Waals surface area (Å²) < 4.78 is 13.4.